The van der Waals surface area contributed by atoms with Gasteiger partial charge in [0.05, 0.1) is 5.25 Å². The number of likely N-dealkylation sites (tertiary alicyclic amines) is 1. The zero-order valence-electron chi connectivity index (χ0n) is 15.1. The molecule has 1 aliphatic rings. The topological polar surface area (TPSA) is 77.0 Å². The monoisotopic (exact) mass is 437 g/mol. The first-order valence-corrected chi connectivity index (χ1v) is 10.6. The van der Waals surface area contributed by atoms with Gasteiger partial charge in [0.15, 0.2) is 5.82 Å². The number of halogens is 1. The molecule has 3 rings (SSSR count). The summed E-state index contributed by atoms with van der Waals surface area (Å²) in [5.74, 6) is 6.94. The Morgan fingerprint density at radius 2 is 2.15 bits per heavy atom. The van der Waals surface area contributed by atoms with E-state index >= 15 is 0 Å². The highest BCUT2D eigenvalue weighted by Gasteiger charge is 2.30. The molecule has 0 radical (unpaired) electrons. The van der Waals surface area contributed by atoms with Crippen molar-refractivity contribution in [1.82, 2.24) is 19.8 Å². The number of aromatic nitrogens is 3. The predicted molar refractivity (Wildman–Crippen MR) is 108 cm³/mol. The Hall–Kier alpha value is -1.54. The van der Waals surface area contributed by atoms with Gasteiger partial charge in [-0.25, -0.2) is 4.68 Å². The second kappa shape index (κ2) is 8.43. The maximum Gasteiger partial charge on any atom is 0.236 e. The average molecular weight is 438 g/mol. The quantitative estimate of drug-likeness (QED) is 0.569. The molecule has 1 amide bonds. The number of carbonyl (C=O) groups excluding carboxylic acids is 1. The highest BCUT2D eigenvalue weighted by atomic mass is 79.9. The van der Waals surface area contributed by atoms with E-state index in [9.17, 15) is 4.79 Å². The molecule has 8 heteroatoms. The molecule has 2 atom stereocenters. The molecule has 2 N–H and O–H groups in total. The second-order valence-electron chi connectivity index (χ2n) is 6.51. The molecule has 2 aromatic rings. The summed E-state index contributed by atoms with van der Waals surface area (Å²) in [6, 6.07) is 8.08. The Morgan fingerprint density at radius 1 is 1.38 bits per heavy atom. The van der Waals surface area contributed by atoms with Crippen LogP contribution in [-0.4, -0.2) is 43.5 Å². The van der Waals surface area contributed by atoms with Crippen molar-refractivity contribution >= 4 is 33.6 Å². The molecule has 140 valence electrons. The third-order valence-corrected chi connectivity index (χ3v) is 6.53. The minimum atomic E-state index is -0.249. The van der Waals surface area contributed by atoms with Gasteiger partial charge < -0.3 is 10.7 Å². The number of rotatable bonds is 5. The van der Waals surface area contributed by atoms with Crippen LogP contribution in [0.15, 0.2) is 33.9 Å². The number of benzene rings is 1. The van der Waals surface area contributed by atoms with Crippen molar-refractivity contribution in [3.8, 4) is 11.4 Å². The number of piperidine rings is 1. The van der Waals surface area contributed by atoms with E-state index in [-0.39, 0.29) is 11.2 Å². The van der Waals surface area contributed by atoms with Crippen LogP contribution in [0.25, 0.3) is 11.4 Å². The average Bonchev–Trinajstić information content (AvgIpc) is 3.01. The van der Waals surface area contributed by atoms with Gasteiger partial charge in [-0.05, 0) is 44.7 Å². The maximum atomic E-state index is 12.9. The lowest BCUT2D eigenvalue weighted by Gasteiger charge is -2.36. The number of nitrogen functional groups attached to an aromatic ring is 1. The molecule has 1 aliphatic heterocycles. The van der Waals surface area contributed by atoms with E-state index in [1.54, 1.807) is 0 Å². The van der Waals surface area contributed by atoms with Crippen molar-refractivity contribution in [3.05, 3.63) is 28.7 Å². The molecule has 1 fully saturated rings. The smallest absolute Gasteiger partial charge is 0.236 e. The van der Waals surface area contributed by atoms with Crippen LogP contribution in [0, 0.1) is 0 Å². The Bertz CT molecular complexity index is 781. The van der Waals surface area contributed by atoms with E-state index in [2.05, 4.69) is 33.1 Å². The summed E-state index contributed by atoms with van der Waals surface area (Å²) in [7, 11) is 0. The minimum Gasteiger partial charge on any atom is -0.339 e. The fourth-order valence-electron chi connectivity index (χ4n) is 3.34. The number of hydrogen-bond acceptors (Lipinski definition) is 5. The SMILES string of the molecule is CCC1CCCCN1C(=O)C(C)Sc1nnc(-c2ccccc2Br)n1N. The summed E-state index contributed by atoms with van der Waals surface area (Å²) < 4.78 is 2.36. The second-order valence-corrected chi connectivity index (χ2v) is 8.67. The summed E-state index contributed by atoms with van der Waals surface area (Å²) in [5.41, 5.74) is 0.871. The van der Waals surface area contributed by atoms with Gasteiger partial charge in [-0.1, -0.05) is 46.7 Å². The highest BCUT2D eigenvalue weighted by molar-refractivity contribution is 9.10. The van der Waals surface area contributed by atoms with Gasteiger partial charge in [0.1, 0.15) is 0 Å². The van der Waals surface area contributed by atoms with Crippen molar-refractivity contribution in [2.24, 2.45) is 0 Å². The van der Waals surface area contributed by atoms with Gasteiger partial charge in [0.2, 0.25) is 11.1 Å². The van der Waals surface area contributed by atoms with Crippen LogP contribution in [0.4, 0.5) is 0 Å². The van der Waals surface area contributed by atoms with E-state index in [4.69, 9.17) is 5.84 Å². The van der Waals surface area contributed by atoms with Crippen LogP contribution < -0.4 is 5.84 Å². The number of carbonyl (C=O) groups is 1. The van der Waals surface area contributed by atoms with Crippen LogP contribution >= 0.6 is 27.7 Å². The molecule has 0 bridgehead atoms. The number of nitrogens with zero attached hydrogens (tertiary/aromatic N) is 4. The first-order valence-electron chi connectivity index (χ1n) is 8.95. The van der Waals surface area contributed by atoms with Crippen LogP contribution in [-0.2, 0) is 4.79 Å². The molecule has 1 aromatic carbocycles. The molecule has 2 heterocycles. The molecule has 0 saturated carbocycles. The molecule has 1 saturated heterocycles. The van der Waals surface area contributed by atoms with Crippen molar-refractivity contribution in [3.63, 3.8) is 0 Å². The Kier molecular flexibility index (Phi) is 6.24. The Morgan fingerprint density at radius 3 is 2.88 bits per heavy atom. The fourth-order valence-corrected chi connectivity index (χ4v) is 4.64. The lowest BCUT2D eigenvalue weighted by Crippen LogP contribution is -2.46. The fraction of sp³-hybridized carbons (Fsp3) is 0.500. The van der Waals surface area contributed by atoms with Gasteiger partial charge in [-0.15, -0.1) is 10.2 Å². The summed E-state index contributed by atoms with van der Waals surface area (Å²) in [6.45, 7) is 4.91. The molecular weight excluding hydrogens is 414 g/mol. The summed E-state index contributed by atoms with van der Waals surface area (Å²) in [4.78, 5) is 14.9. The zero-order valence-corrected chi connectivity index (χ0v) is 17.5. The number of amides is 1. The maximum absolute atomic E-state index is 12.9. The number of nitrogens with two attached hydrogens (primary N) is 1. The number of hydrogen-bond donors (Lipinski definition) is 1. The van der Waals surface area contributed by atoms with Crippen molar-refractivity contribution in [2.75, 3.05) is 12.4 Å². The van der Waals surface area contributed by atoms with Crippen LogP contribution in [0.5, 0.6) is 0 Å². The molecule has 6 nitrogen and oxygen atoms in total. The lowest BCUT2D eigenvalue weighted by molar-refractivity contribution is -0.134. The summed E-state index contributed by atoms with van der Waals surface area (Å²) >= 11 is 4.88. The predicted octanol–water partition coefficient (Wildman–Crippen LogP) is 3.69. The first-order chi connectivity index (χ1) is 12.5. The molecule has 2 unspecified atom stereocenters. The zero-order chi connectivity index (χ0) is 18.7. The summed E-state index contributed by atoms with van der Waals surface area (Å²) in [6.07, 6.45) is 4.39. The minimum absolute atomic E-state index is 0.159. The van der Waals surface area contributed by atoms with Crippen LogP contribution in [0.1, 0.15) is 39.5 Å². The van der Waals surface area contributed by atoms with E-state index in [0.717, 1.165) is 35.8 Å². The third-order valence-electron chi connectivity index (χ3n) is 4.79. The van der Waals surface area contributed by atoms with Gasteiger partial charge in [-0.2, -0.15) is 0 Å². The molecular formula is C18H24BrN5OS. The van der Waals surface area contributed by atoms with E-state index in [1.165, 1.54) is 22.9 Å². The van der Waals surface area contributed by atoms with Crippen molar-refractivity contribution < 1.29 is 4.79 Å². The van der Waals surface area contributed by atoms with Crippen molar-refractivity contribution in [2.45, 2.75) is 56.0 Å². The standard InChI is InChI=1S/C18H24BrN5OS/c1-3-13-8-6-7-11-23(13)17(25)12(2)26-18-22-21-16(24(18)20)14-9-4-5-10-15(14)19/h4-5,9-10,12-13H,3,6-8,11,20H2,1-2H3. The lowest BCUT2D eigenvalue weighted by atomic mass is 10.00. The normalized spacial score (nSPS) is 18.7. The summed E-state index contributed by atoms with van der Waals surface area (Å²) in [5, 5.41) is 8.71. The first kappa shape index (κ1) is 19.2. The third kappa shape index (κ3) is 3.91. The number of thioether (sulfide) groups is 1. The van der Waals surface area contributed by atoms with Gasteiger partial charge in [0, 0.05) is 22.6 Å². The van der Waals surface area contributed by atoms with E-state index in [0.29, 0.717) is 17.0 Å². The highest BCUT2D eigenvalue weighted by Crippen LogP contribution is 2.30. The Balaban J connectivity index is 1.75. The molecule has 1 aromatic heterocycles. The van der Waals surface area contributed by atoms with E-state index < -0.39 is 0 Å². The molecule has 0 spiro atoms. The van der Waals surface area contributed by atoms with E-state index in [1.807, 2.05) is 36.1 Å². The molecule has 26 heavy (non-hydrogen) atoms. The Labute approximate surface area is 166 Å². The van der Waals surface area contributed by atoms with Crippen LogP contribution in [0.2, 0.25) is 0 Å². The largest absolute Gasteiger partial charge is 0.339 e. The van der Waals surface area contributed by atoms with Gasteiger partial charge >= 0.3 is 0 Å². The van der Waals surface area contributed by atoms with Crippen molar-refractivity contribution in [1.29, 1.82) is 0 Å². The molecule has 0 aliphatic carbocycles. The van der Waals surface area contributed by atoms with Gasteiger partial charge in [0.25, 0.3) is 0 Å². The van der Waals surface area contributed by atoms with Gasteiger partial charge in [-0.3, -0.25) is 4.79 Å². The van der Waals surface area contributed by atoms with Crippen LogP contribution in [0.3, 0.4) is 0 Å².